The fourth-order valence-corrected chi connectivity index (χ4v) is 10.3. The lowest BCUT2D eigenvalue weighted by molar-refractivity contribution is -0.294. The summed E-state index contributed by atoms with van der Waals surface area (Å²) in [7, 11) is 0. The number of cyclic esters (lactones) is 1. The summed E-state index contributed by atoms with van der Waals surface area (Å²) in [6.07, 6.45) is -11.0. The Labute approximate surface area is 482 Å². The van der Waals surface area contributed by atoms with Crippen LogP contribution in [0.4, 0.5) is 4.39 Å². The highest BCUT2D eigenvalue weighted by Crippen LogP contribution is 2.46. The van der Waals surface area contributed by atoms with Crippen LogP contribution in [0.25, 0.3) is 22.3 Å². The molecular formula is C52H64FN9O21S. The van der Waals surface area contributed by atoms with Crippen molar-refractivity contribution in [1.82, 2.24) is 46.8 Å². The van der Waals surface area contributed by atoms with Crippen LogP contribution in [0, 0.1) is 18.7 Å². The lowest BCUT2D eigenvalue weighted by atomic mass is 9.81. The van der Waals surface area contributed by atoms with Crippen molar-refractivity contribution in [1.29, 1.82) is 1.12 Å². The number of carbonyl (C=O) groups excluding carboxylic acids is 8. The fraction of sp³-hybridized carbons (Fsp3) is 0.538. The Morgan fingerprint density at radius 2 is 1.61 bits per heavy atom. The summed E-state index contributed by atoms with van der Waals surface area (Å²) in [5.41, 5.74) is 0.515. The molecule has 7 rings (SSSR count). The first-order valence-corrected chi connectivity index (χ1v) is 26.9. The number of aliphatic carboxylic acids is 2. The van der Waals surface area contributed by atoms with Crippen LogP contribution in [0.5, 0.6) is 0 Å². The van der Waals surface area contributed by atoms with E-state index in [0.29, 0.717) is 34.1 Å². The van der Waals surface area contributed by atoms with E-state index in [-0.39, 0.29) is 73.1 Å². The molecule has 1 saturated heterocycles. The molecule has 2 aromatic heterocycles. The Morgan fingerprint density at radius 1 is 0.905 bits per heavy atom. The van der Waals surface area contributed by atoms with Gasteiger partial charge in [0.1, 0.15) is 57.3 Å². The predicted octanol–water partition coefficient (Wildman–Crippen LogP) is -4.23. The van der Waals surface area contributed by atoms with E-state index >= 15 is 4.39 Å². The van der Waals surface area contributed by atoms with Crippen molar-refractivity contribution >= 4 is 82.7 Å². The summed E-state index contributed by atoms with van der Waals surface area (Å²) >= 11 is 0.224. The van der Waals surface area contributed by atoms with Crippen LogP contribution >= 0.6 is 12.5 Å². The molecule has 0 saturated carbocycles. The van der Waals surface area contributed by atoms with Gasteiger partial charge in [0.2, 0.25) is 41.4 Å². The maximum absolute atomic E-state index is 15.4. The average Bonchev–Trinajstić information content (AvgIpc) is 1.70. The summed E-state index contributed by atoms with van der Waals surface area (Å²) < 4.78 is 45.3. The number of aliphatic hydroxyl groups excluding tert-OH is 3. The Hall–Kier alpha value is -7.72. The van der Waals surface area contributed by atoms with Gasteiger partial charge < -0.3 is 91.4 Å². The number of fused-ring (bicyclic) bond motifs is 5. The topological polar surface area (TPSA) is 448 Å². The van der Waals surface area contributed by atoms with E-state index in [1.807, 2.05) is 0 Å². The molecule has 1 fully saturated rings. The number of esters is 1. The molecule has 13 N–H and O–H groups in total. The molecule has 1 aromatic carbocycles. The Kier molecular flexibility index (Phi) is 20.0. The maximum Gasteiger partial charge on any atom is 0.343 e. The van der Waals surface area contributed by atoms with E-state index in [0.717, 1.165) is 0 Å². The quantitative estimate of drug-likeness (QED) is 0.0123. The zero-order valence-electron chi connectivity index (χ0n) is 46.6. The maximum atomic E-state index is 15.4. The second-order valence-electron chi connectivity index (χ2n) is 20.6. The average molecular weight is 1200 g/mol. The van der Waals surface area contributed by atoms with Crippen LogP contribution in [0.3, 0.4) is 0 Å². The minimum absolute atomic E-state index is 0.0144. The van der Waals surface area contributed by atoms with Gasteiger partial charge in [0.25, 0.3) is 5.56 Å². The molecule has 84 heavy (non-hydrogen) atoms. The number of carboxylic acids is 2. The molecule has 0 bridgehead atoms. The molecule has 1 unspecified atom stereocenters. The van der Waals surface area contributed by atoms with Crippen LogP contribution in [0.2, 0.25) is 0 Å². The number of halogens is 1. The van der Waals surface area contributed by atoms with Crippen LogP contribution in [0.1, 0.15) is 85.9 Å². The predicted molar refractivity (Wildman–Crippen MR) is 285 cm³/mol. The van der Waals surface area contributed by atoms with Crippen LogP contribution in [-0.2, 0) is 92.1 Å². The molecule has 3 aliphatic heterocycles. The van der Waals surface area contributed by atoms with Gasteiger partial charge in [-0.15, -0.1) is 0 Å². The van der Waals surface area contributed by atoms with Crippen LogP contribution in [-0.4, -0.2) is 188 Å². The first-order valence-electron chi connectivity index (χ1n) is 26.9. The number of aliphatic hydroxyl groups is 4. The van der Waals surface area contributed by atoms with Gasteiger partial charge in [-0.1, -0.05) is 20.8 Å². The standard InChI is InChI=1S/C52H64FN9O21S/c1-5-52(79)25-10-30-40-23(15-62(30)48(75)24(25)16-82-51(52)78)38-27(7-6-22-21(4)26(53)11-28(59-40)37(22)38)58-35(66)18-80-19-57-34(65)14-55-45(72)29(17-81-50-43(71)41(69)42(70)44(83-50)49(76)77)60-47(74)39(20(2)3)61-32(63)8-9-54-33(64)13-56-46(73)31(84)12-36(67)68/h10-11,20,27,29,31,39,41-44,50,69-71,79,84H,5-9,12-19H2,1-4H3,(H,54,64)(H,55,72)(H,56,73)(H,57,65)(H,58,66)(H,60,74)(H,61,63)(H,67,68)(H,76,77)/t27-,29-,31?,39-,41-,42-,43+,44-,50+,52-/m0/s1/i/hT. The molecule has 0 radical (unpaired) electrons. The second-order valence-corrected chi connectivity index (χ2v) is 21.2. The molecule has 30 nitrogen and oxygen atoms in total. The van der Waals surface area contributed by atoms with Crippen molar-refractivity contribution in [3.63, 3.8) is 0 Å². The molecule has 456 valence electrons. The van der Waals surface area contributed by atoms with Gasteiger partial charge in [0, 0.05) is 35.5 Å². The highest BCUT2D eigenvalue weighted by atomic mass is 32.1. The molecule has 7 amide bonds. The normalized spacial score (nSPS) is 22.4. The van der Waals surface area contributed by atoms with Crippen molar-refractivity contribution in [3.8, 4) is 11.4 Å². The lowest BCUT2D eigenvalue weighted by Gasteiger charge is -2.38. The Balaban J connectivity index is 0.957. The summed E-state index contributed by atoms with van der Waals surface area (Å²) in [6, 6.07) is -1.16. The summed E-state index contributed by atoms with van der Waals surface area (Å²) in [5.74, 6) is -11.3. The molecule has 4 aliphatic rings. The van der Waals surface area contributed by atoms with Crippen molar-refractivity contribution < 1.29 is 102 Å². The smallest absolute Gasteiger partial charge is 0.343 e. The number of amides is 7. The number of hydrogen-bond acceptors (Lipinski definition) is 21. The van der Waals surface area contributed by atoms with Crippen LogP contribution < -0.4 is 42.8 Å². The van der Waals surface area contributed by atoms with E-state index in [1.165, 1.54) is 30.5 Å². The number of aromatic nitrogens is 2. The summed E-state index contributed by atoms with van der Waals surface area (Å²) in [6.45, 7) is 1.97. The van der Waals surface area contributed by atoms with Gasteiger partial charge >= 0.3 is 17.9 Å². The number of rotatable bonds is 26. The van der Waals surface area contributed by atoms with E-state index in [2.05, 4.69) is 37.2 Å². The molecule has 10 atom stereocenters. The number of ether oxygens (including phenoxy) is 4. The third kappa shape index (κ3) is 13.9. The number of benzene rings is 1. The number of nitrogens with zero attached hydrogens (tertiary/aromatic N) is 2. The van der Waals surface area contributed by atoms with E-state index < -0.39 is 182 Å². The summed E-state index contributed by atoms with van der Waals surface area (Å²) in [5, 5.41) is 76.9. The zero-order valence-corrected chi connectivity index (χ0v) is 46.4. The van der Waals surface area contributed by atoms with Crippen molar-refractivity contribution in [2.24, 2.45) is 5.92 Å². The zero-order chi connectivity index (χ0) is 62.4. The number of hydrogen-bond donors (Lipinski definition) is 14. The number of thiol groups is 1. The molecule has 3 aromatic rings. The third-order valence-electron chi connectivity index (χ3n) is 14.6. The van der Waals surface area contributed by atoms with E-state index in [4.69, 9.17) is 30.2 Å². The van der Waals surface area contributed by atoms with Gasteiger partial charge in [-0.3, -0.25) is 43.2 Å². The number of nitrogens with one attached hydrogen (secondary N) is 7. The number of pyridine rings is 2. The molecule has 1 aliphatic carbocycles. The molecule has 32 heteroatoms. The summed E-state index contributed by atoms with van der Waals surface area (Å²) in [4.78, 5) is 146. The van der Waals surface area contributed by atoms with E-state index in [1.54, 1.807) is 13.8 Å². The van der Waals surface area contributed by atoms with Crippen molar-refractivity contribution in [3.05, 3.63) is 61.7 Å². The number of carbonyl (C=O) groups is 10. The monoisotopic (exact) mass is 1200 g/mol. The second kappa shape index (κ2) is 26.9. The van der Waals surface area contributed by atoms with Crippen LogP contribution in [0.15, 0.2) is 16.9 Å². The third-order valence-corrected chi connectivity index (χ3v) is 15.0. The minimum atomic E-state index is -2.11. The van der Waals surface area contributed by atoms with Crippen molar-refractivity contribution in [2.75, 3.05) is 39.6 Å². The lowest BCUT2D eigenvalue weighted by Crippen LogP contribution is -2.61. The first kappa shape index (κ1) is 62.3. The molecule has 5 heterocycles. The Bertz CT molecular complexity index is 3240. The van der Waals surface area contributed by atoms with E-state index in [9.17, 15) is 78.3 Å². The highest BCUT2D eigenvalue weighted by molar-refractivity contribution is 7.81. The molecule has 0 spiro atoms. The number of aryl methyl sites for hydroxylation is 1. The van der Waals surface area contributed by atoms with Gasteiger partial charge in [-0.25, -0.2) is 19.0 Å². The SMILES string of the molecule is [3H]SC(CC(=O)O)C(=O)NCC(=O)NCCC(=O)N[C@H](C(=O)N[C@@H](CO[C@@H]1O[C@H](C(=O)O)[C@@H](O)[C@H](O)[C@H]1O)C(=O)NCC(=O)NCOCC(=O)N[C@H]1CCc2c(C)c(F)cc3nc4c(c1c23)Cn1c-4cc2c(c1=O)COC(=O)[C@]2(O)CC)C(C)C. The highest BCUT2D eigenvalue weighted by Gasteiger charge is 2.49. The number of carboxylic acid groups (broad SMARTS) is 2. The molecular weight excluding hydrogens is 1140 g/mol. The van der Waals surface area contributed by atoms with Gasteiger partial charge in [-0.2, -0.15) is 12.5 Å². The van der Waals surface area contributed by atoms with Crippen molar-refractivity contribution in [2.45, 2.75) is 133 Å². The minimum Gasteiger partial charge on any atom is -0.481 e. The fourth-order valence-electron chi connectivity index (χ4n) is 10.1. The first-order chi connectivity index (χ1) is 40.2. The Morgan fingerprint density at radius 3 is 2.27 bits per heavy atom. The van der Waals surface area contributed by atoms with Gasteiger partial charge in [-0.05, 0) is 54.9 Å². The largest absolute Gasteiger partial charge is 0.481 e. The van der Waals surface area contributed by atoms with Gasteiger partial charge in [0.05, 0.1) is 66.4 Å². The van der Waals surface area contributed by atoms with Gasteiger partial charge in [0.15, 0.2) is 18.0 Å².